The molecule has 0 amide bonds. The topological polar surface area (TPSA) is 55.7 Å². The van der Waals surface area contributed by atoms with E-state index in [1.807, 2.05) is 0 Å². The first-order valence-electron chi connectivity index (χ1n) is 5.09. The summed E-state index contributed by atoms with van der Waals surface area (Å²) in [7, 11) is 0. The zero-order valence-electron chi connectivity index (χ0n) is 12.1. The summed E-state index contributed by atoms with van der Waals surface area (Å²) in [5.41, 5.74) is -1.29. The molecule has 24 heavy (non-hydrogen) atoms. The molecule has 3 nitrogen and oxygen atoms in total. The molecule has 132 valence electrons. The second-order valence-electron chi connectivity index (χ2n) is 2.92. The van der Waals surface area contributed by atoms with Gasteiger partial charge in [-0.15, -0.1) is 41.2 Å². The predicted octanol–water partition coefficient (Wildman–Crippen LogP) is 1.44. The SMILES string of the molecule is C#CCCl.ClCCl.O/N=C/c1ccc(C(F)(F)F)cc1F.[Na+].[O-]Cl. The van der Waals surface area contributed by atoms with E-state index in [9.17, 15) is 17.6 Å². The number of halogens is 8. The Kier molecular flexibility index (Phi) is 28.0. The maximum absolute atomic E-state index is 12.9. The molecular formula is C12H10Cl4F4NNaO2. The molecular weight excluding hydrogens is 431 g/mol. The first-order chi connectivity index (χ1) is 10.8. The Balaban J connectivity index is -0.000000169. The number of benzene rings is 1. The molecule has 0 unspecified atom stereocenters. The van der Waals surface area contributed by atoms with Crippen LogP contribution in [0.4, 0.5) is 17.6 Å². The average molecular weight is 441 g/mol. The fourth-order valence-corrected chi connectivity index (χ4v) is 0.870. The van der Waals surface area contributed by atoms with E-state index in [-0.39, 0.29) is 40.5 Å². The van der Waals surface area contributed by atoms with Gasteiger partial charge in [0.15, 0.2) is 0 Å². The van der Waals surface area contributed by atoms with Gasteiger partial charge < -0.3 is 9.87 Å². The third-order valence-electron chi connectivity index (χ3n) is 1.60. The molecule has 0 heterocycles. The van der Waals surface area contributed by atoms with E-state index in [4.69, 9.17) is 44.7 Å². The zero-order valence-corrected chi connectivity index (χ0v) is 17.2. The van der Waals surface area contributed by atoms with Gasteiger partial charge in [0.25, 0.3) is 0 Å². The molecule has 0 saturated heterocycles. The number of nitrogens with zero attached hydrogens (tertiary/aromatic N) is 1. The van der Waals surface area contributed by atoms with Crippen LogP contribution in [-0.4, -0.2) is 22.6 Å². The summed E-state index contributed by atoms with van der Waals surface area (Å²) in [6.45, 7) is 0. The Bertz CT molecular complexity index is 485. The third-order valence-corrected chi connectivity index (χ3v) is 1.76. The van der Waals surface area contributed by atoms with Crippen molar-refractivity contribution in [3.05, 3.63) is 35.1 Å². The molecule has 0 aliphatic carbocycles. The third kappa shape index (κ3) is 18.4. The molecule has 0 spiro atoms. The Morgan fingerprint density at radius 2 is 1.67 bits per heavy atom. The van der Waals surface area contributed by atoms with Crippen LogP contribution in [0.5, 0.6) is 0 Å². The van der Waals surface area contributed by atoms with Gasteiger partial charge in [-0.25, -0.2) is 16.3 Å². The van der Waals surface area contributed by atoms with Gasteiger partial charge in [0.05, 0.1) is 23.0 Å². The Hall–Kier alpha value is 0.0900. The van der Waals surface area contributed by atoms with E-state index in [0.29, 0.717) is 18.0 Å². The minimum absolute atomic E-state index is 0. The summed E-state index contributed by atoms with van der Waals surface area (Å²) >= 11 is 17.9. The minimum atomic E-state index is -4.57. The number of terminal acetylenes is 1. The molecule has 0 aliphatic heterocycles. The Morgan fingerprint density at radius 1 is 1.25 bits per heavy atom. The van der Waals surface area contributed by atoms with E-state index < -0.39 is 17.6 Å². The summed E-state index contributed by atoms with van der Waals surface area (Å²) in [6, 6.07) is 1.94. The number of hydrogen-bond acceptors (Lipinski definition) is 3. The molecule has 0 aliphatic rings. The average Bonchev–Trinajstić information content (AvgIpc) is 2.51. The number of hydrogen-bond donors (Lipinski definition) is 1. The predicted molar refractivity (Wildman–Crippen MR) is 82.8 cm³/mol. The van der Waals surface area contributed by atoms with Crippen molar-refractivity contribution in [3.8, 4) is 12.3 Å². The smallest absolute Gasteiger partial charge is 0.769 e. The van der Waals surface area contributed by atoms with Gasteiger partial charge in [0.1, 0.15) is 5.82 Å². The van der Waals surface area contributed by atoms with Crippen molar-refractivity contribution in [1.82, 2.24) is 0 Å². The van der Waals surface area contributed by atoms with Crippen LogP contribution in [0.2, 0.25) is 0 Å². The van der Waals surface area contributed by atoms with Crippen molar-refractivity contribution >= 4 is 52.9 Å². The van der Waals surface area contributed by atoms with Gasteiger partial charge >= 0.3 is 35.7 Å². The van der Waals surface area contributed by atoms with Crippen LogP contribution in [0, 0.1) is 18.2 Å². The maximum Gasteiger partial charge on any atom is 1.00 e. The second-order valence-corrected chi connectivity index (χ2v) is 3.99. The van der Waals surface area contributed by atoms with Crippen molar-refractivity contribution in [2.45, 2.75) is 6.18 Å². The molecule has 0 saturated carbocycles. The summed E-state index contributed by atoms with van der Waals surface area (Å²) in [5.74, 6) is 1.43. The van der Waals surface area contributed by atoms with Gasteiger partial charge in [0, 0.05) is 5.56 Å². The van der Waals surface area contributed by atoms with Crippen LogP contribution < -0.4 is 34.2 Å². The quantitative estimate of drug-likeness (QED) is 0.137. The molecule has 0 bridgehead atoms. The zero-order chi connectivity index (χ0) is 18.9. The molecule has 0 atom stereocenters. The van der Waals surface area contributed by atoms with E-state index in [2.05, 4.69) is 29.4 Å². The molecule has 1 aromatic carbocycles. The van der Waals surface area contributed by atoms with E-state index in [1.54, 1.807) is 0 Å². The van der Waals surface area contributed by atoms with Gasteiger partial charge in [-0.05, 0) is 18.2 Å². The van der Waals surface area contributed by atoms with Crippen molar-refractivity contribution < 1.29 is 57.0 Å². The molecule has 1 N–H and O–H groups in total. The van der Waals surface area contributed by atoms with Crippen molar-refractivity contribution in [2.75, 3.05) is 11.2 Å². The van der Waals surface area contributed by atoms with Crippen LogP contribution in [0.3, 0.4) is 0 Å². The minimum Gasteiger partial charge on any atom is -0.769 e. The normalized spacial score (nSPS) is 9.00. The van der Waals surface area contributed by atoms with Crippen molar-refractivity contribution in [2.24, 2.45) is 5.16 Å². The van der Waals surface area contributed by atoms with Crippen LogP contribution in [0.25, 0.3) is 0 Å². The van der Waals surface area contributed by atoms with Gasteiger partial charge in [-0.3, -0.25) is 0 Å². The molecule has 0 aromatic heterocycles. The summed E-state index contributed by atoms with van der Waals surface area (Å²) < 4.78 is 56.7. The number of oxime groups is 1. The van der Waals surface area contributed by atoms with Crippen molar-refractivity contribution in [3.63, 3.8) is 0 Å². The van der Waals surface area contributed by atoms with E-state index in [0.717, 1.165) is 12.3 Å². The largest absolute Gasteiger partial charge is 1.00 e. The second kappa shape index (κ2) is 21.1. The maximum atomic E-state index is 12.9. The van der Waals surface area contributed by atoms with E-state index in [1.165, 1.54) is 0 Å². The number of rotatable bonds is 1. The fourth-order valence-electron chi connectivity index (χ4n) is 0.870. The Labute approximate surface area is 179 Å². The number of alkyl halides is 6. The van der Waals surface area contributed by atoms with Crippen molar-refractivity contribution in [1.29, 1.82) is 0 Å². The van der Waals surface area contributed by atoms with Crippen LogP contribution >= 0.6 is 46.7 Å². The molecule has 12 heteroatoms. The molecule has 1 aromatic rings. The first-order valence-corrected chi connectivity index (χ1v) is 7.00. The fraction of sp³-hybridized carbons (Fsp3) is 0.250. The monoisotopic (exact) mass is 439 g/mol. The molecule has 0 radical (unpaired) electrons. The molecule has 0 fully saturated rings. The Morgan fingerprint density at radius 3 is 1.92 bits per heavy atom. The van der Waals surface area contributed by atoms with Gasteiger partial charge in [-0.2, -0.15) is 13.2 Å². The summed E-state index contributed by atoms with van der Waals surface area (Å²) in [5, 5.41) is 10.8. The van der Waals surface area contributed by atoms with Crippen LogP contribution in [-0.2, 0) is 6.18 Å². The summed E-state index contributed by atoms with van der Waals surface area (Å²) in [6.07, 6.45) is 0.790. The first kappa shape index (κ1) is 31.8. The summed E-state index contributed by atoms with van der Waals surface area (Å²) in [4.78, 5) is 0. The van der Waals surface area contributed by atoms with Crippen LogP contribution in [0.1, 0.15) is 11.1 Å². The standard InChI is InChI=1S/C8H5F4NO.C3H3Cl.CH2Cl2.ClO.Na/c9-7-3-6(8(10,11)12)2-1-5(7)4-13-14;1-2-3-4;2-1-3;1-2;/h1-4,14H;1H,3H2;1H2;;/q;;;-1;+1/b13-4+;;;;. The van der Waals surface area contributed by atoms with Gasteiger partial charge in [-0.1, -0.05) is 11.1 Å². The van der Waals surface area contributed by atoms with Crippen LogP contribution in [0.15, 0.2) is 23.4 Å². The molecule has 1 rings (SSSR count). The van der Waals surface area contributed by atoms with E-state index >= 15 is 0 Å². The van der Waals surface area contributed by atoms with Gasteiger partial charge in [0.2, 0.25) is 0 Å².